The summed E-state index contributed by atoms with van der Waals surface area (Å²) < 4.78 is 0. The smallest absolute Gasteiger partial charge is 0.277 e. The molecule has 0 saturated carbocycles. The zero-order valence-electron chi connectivity index (χ0n) is 14.1. The van der Waals surface area contributed by atoms with Crippen molar-refractivity contribution in [3.8, 4) is 0 Å². The van der Waals surface area contributed by atoms with Gasteiger partial charge in [-0.2, -0.15) is 0 Å². The molecule has 2 heterocycles. The van der Waals surface area contributed by atoms with Crippen LogP contribution in [0.3, 0.4) is 0 Å². The minimum absolute atomic E-state index is 0.0646. The van der Waals surface area contributed by atoms with Crippen LogP contribution < -0.4 is 4.90 Å². The molecule has 3 rings (SSSR count). The molecule has 1 saturated heterocycles. The topological polar surface area (TPSA) is 35.9 Å². The number of nitrogens with zero attached hydrogens (tertiary/aromatic N) is 3. The van der Waals surface area contributed by atoms with Crippen LogP contribution in [-0.4, -0.2) is 36.3 Å². The number of amides is 1. The van der Waals surface area contributed by atoms with Crippen LogP contribution in [0.1, 0.15) is 45.1 Å². The summed E-state index contributed by atoms with van der Waals surface area (Å²) in [5.74, 6) is 1.02. The van der Waals surface area contributed by atoms with Gasteiger partial charge in [-0.05, 0) is 50.5 Å². The molecule has 2 aliphatic rings. The summed E-state index contributed by atoms with van der Waals surface area (Å²) in [5.41, 5.74) is 2.83. The van der Waals surface area contributed by atoms with E-state index < -0.39 is 0 Å². The van der Waals surface area contributed by atoms with Crippen LogP contribution in [-0.2, 0) is 4.79 Å². The number of rotatable bonds is 4. The minimum atomic E-state index is 0.0646. The molecule has 1 amide bonds. The largest absolute Gasteiger partial charge is 0.372 e. The average molecular weight is 311 g/mol. The second kappa shape index (κ2) is 6.99. The van der Waals surface area contributed by atoms with E-state index >= 15 is 0 Å². The molecule has 0 spiro atoms. The summed E-state index contributed by atoms with van der Waals surface area (Å²) in [5, 5.41) is 0. The van der Waals surface area contributed by atoms with E-state index in [1.54, 1.807) is 0 Å². The van der Waals surface area contributed by atoms with Crippen LogP contribution in [0.2, 0.25) is 0 Å². The van der Waals surface area contributed by atoms with Crippen molar-refractivity contribution in [2.45, 2.75) is 39.5 Å². The molecule has 4 nitrogen and oxygen atoms in total. The number of hydrogen-bond acceptors (Lipinski definition) is 3. The summed E-state index contributed by atoms with van der Waals surface area (Å²) >= 11 is 0. The van der Waals surface area contributed by atoms with E-state index in [-0.39, 0.29) is 5.91 Å². The van der Waals surface area contributed by atoms with E-state index in [0.717, 1.165) is 50.3 Å². The fraction of sp³-hybridized carbons (Fsp3) is 0.474. The Labute approximate surface area is 138 Å². The monoisotopic (exact) mass is 311 g/mol. The van der Waals surface area contributed by atoms with E-state index in [2.05, 4.69) is 48.0 Å². The van der Waals surface area contributed by atoms with Gasteiger partial charge < -0.3 is 4.90 Å². The normalized spacial score (nSPS) is 19.6. The van der Waals surface area contributed by atoms with Crippen molar-refractivity contribution in [2.24, 2.45) is 4.99 Å². The number of carbonyl (C=O) groups is 1. The third-order valence-electron chi connectivity index (χ3n) is 4.63. The summed E-state index contributed by atoms with van der Waals surface area (Å²) in [6.07, 6.45) is 6.24. The molecule has 1 fully saturated rings. The SMILES string of the molecule is CCN(CC)c1ccc(/C=C2/N=C3CCCCCN3C2=O)cc1. The molecule has 0 aliphatic carbocycles. The summed E-state index contributed by atoms with van der Waals surface area (Å²) in [6, 6.07) is 8.37. The van der Waals surface area contributed by atoms with Crippen LogP contribution in [0.5, 0.6) is 0 Å². The van der Waals surface area contributed by atoms with E-state index in [1.165, 1.54) is 12.1 Å². The van der Waals surface area contributed by atoms with E-state index in [1.807, 2.05) is 11.0 Å². The average Bonchev–Trinajstić information content (AvgIpc) is 2.75. The molecule has 0 radical (unpaired) electrons. The number of amidine groups is 1. The first kappa shape index (κ1) is 15.8. The van der Waals surface area contributed by atoms with Gasteiger partial charge in [0.2, 0.25) is 0 Å². The van der Waals surface area contributed by atoms with Gasteiger partial charge in [-0.15, -0.1) is 0 Å². The van der Waals surface area contributed by atoms with Crippen molar-refractivity contribution in [1.29, 1.82) is 0 Å². The van der Waals surface area contributed by atoms with Crippen molar-refractivity contribution in [1.82, 2.24) is 4.90 Å². The molecule has 0 unspecified atom stereocenters. The fourth-order valence-corrected chi connectivity index (χ4v) is 3.28. The Kier molecular flexibility index (Phi) is 4.79. The lowest BCUT2D eigenvalue weighted by Crippen LogP contribution is -2.31. The first-order valence-electron chi connectivity index (χ1n) is 8.69. The molecule has 0 atom stereocenters. The number of carbonyl (C=O) groups excluding carboxylic acids is 1. The Morgan fingerprint density at radius 2 is 1.87 bits per heavy atom. The fourth-order valence-electron chi connectivity index (χ4n) is 3.28. The number of anilines is 1. The Hall–Kier alpha value is -2.10. The van der Waals surface area contributed by atoms with Gasteiger partial charge in [0, 0.05) is 31.7 Å². The molecule has 1 aromatic rings. The van der Waals surface area contributed by atoms with Crippen LogP contribution in [0.15, 0.2) is 35.0 Å². The van der Waals surface area contributed by atoms with Crippen molar-refractivity contribution < 1.29 is 4.79 Å². The summed E-state index contributed by atoms with van der Waals surface area (Å²) in [4.78, 5) is 21.3. The van der Waals surface area contributed by atoms with Gasteiger partial charge in [0.1, 0.15) is 11.5 Å². The van der Waals surface area contributed by atoms with Gasteiger partial charge in [-0.3, -0.25) is 9.69 Å². The van der Waals surface area contributed by atoms with E-state index in [4.69, 9.17) is 0 Å². The molecule has 4 heteroatoms. The zero-order valence-corrected chi connectivity index (χ0v) is 14.1. The van der Waals surface area contributed by atoms with Gasteiger partial charge in [0.15, 0.2) is 0 Å². The lowest BCUT2D eigenvalue weighted by molar-refractivity contribution is -0.122. The molecule has 0 N–H and O–H groups in total. The Morgan fingerprint density at radius 3 is 2.57 bits per heavy atom. The van der Waals surface area contributed by atoms with Crippen LogP contribution in [0, 0.1) is 0 Å². The predicted octanol–water partition coefficient (Wildman–Crippen LogP) is 3.69. The third-order valence-corrected chi connectivity index (χ3v) is 4.63. The van der Waals surface area contributed by atoms with Crippen molar-refractivity contribution in [2.75, 3.05) is 24.5 Å². The molecule has 1 aromatic carbocycles. The maximum absolute atomic E-state index is 12.5. The first-order valence-corrected chi connectivity index (χ1v) is 8.69. The quantitative estimate of drug-likeness (QED) is 0.795. The Balaban J connectivity index is 1.80. The molecule has 2 aliphatic heterocycles. The molecular weight excluding hydrogens is 286 g/mol. The van der Waals surface area contributed by atoms with Crippen molar-refractivity contribution >= 4 is 23.5 Å². The van der Waals surface area contributed by atoms with Gasteiger partial charge in [-0.25, -0.2) is 4.99 Å². The Morgan fingerprint density at radius 1 is 1.13 bits per heavy atom. The van der Waals surface area contributed by atoms with Gasteiger partial charge in [-0.1, -0.05) is 18.6 Å². The van der Waals surface area contributed by atoms with Crippen molar-refractivity contribution in [3.63, 3.8) is 0 Å². The van der Waals surface area contributed by atoms with Crippen molar-refractivity contribution in [3.05, 3.63) is 35.5 Å². The van der Waals surface area contributed by atoms with E-state index in [9.17, 15) is 4.79 Å². The molecule has 122 valence electrons. The Bertz CT molecular complexity index is 627. The zero-order chi connectivity index (χ0) is 16.2. The number of fused-ring (bicyclic) bond motifs is 1. The highest BCUT2D eigenvalue weighted by atomic mass is 16.2. The lowest BCUT2D eigenvalue weighted by atomic mass is 10.1. The second-order valence-electron chi connectivity index (χ2n) is 6.09. The highest BCUT2D eigenvalue weighted by Gasteiger charge is 2.30. The highest BCUT2D eigenvalue weighted by molar-refractivity contribution is 6.14. The molecule has 0 aromatic heterocycles. The predicted molar refractivity (Wildman–Crippen MR) is 95.6 cm³/mol. The number of aliphatic imine (C=N–C) groups is 1. The first-order chi connectivity index (χ1) is 11.2. The maximum atomic E-state index is 12.5. The van der Waals surface area contributed by atoms with Crippen LogP contribution >= 0.6 is 0 Å². The van der Waals surface area contributed by atoms with Gasteiger partial charge in [0.05, 0.1) is 0 Å². The van der Waals surface area contributed by atoms with E-state index in [0.29, 0.717) is 5.70 Å². The minimum Gasteiger partial charge on any atom is -0.372 e. The van der Waals surface area contributed by atoms with Gasteiger partial charge >= 0.3 is 0 Å². The highest BCUT2D eigenvalue weighted by Crippen LogP contribution is 2.24. The second-order valence-corrected chi connectivity index (χ2v) is 6.09. The molecular formula is C19H25N3O. The number of hydrogen-bond donors (Lipinski definition) is 0. The summed E-state index contributed by atoms with van der Waals surface area (Å²) in [7, 11) is 0. The maximum Gasteiger partial charge on any atom is 0.277 e. The van der Waals surface area contributed by atoms with Crippen LogP contribution in [0.4, 0.5) is 5.69 Å². The number of benzene rings is 1. The van der Waals surface area contributed by atoms with Crippen LogP contribution in [0.25, 0.3) is 6.08 Å². The lowest BCUT2D eigenvalue weighted by Gasteiger charge is -2.20. The summed E-state index contributed by atoms with van der Waals surface area (Å²) in [6.45, 7) is 7.13. The third kappa shape index (κ3) is 3.31. The molecule has 0 bridgehead atoms. The molecule has 23 heavy (non-hydrogen) atoms. The standard InChI is InChI=1S/C19H25N3O/c1-3-21(4-2)16-11-9-15(10-12-16)14-17-19(23)22-13-7-5-6-8-18(22)20-17/h9-12,14H,3-8,13H2,1-2H3/b17-14+. The van der Waals surface area contributed by atoms with Gasteiger partial charge in [0.25, 0.3) is 5.91 Å².